The van der Waals surface area contributed by atoms with E-state index in [0.29, 0.717) is 6.42 Å². The van der Waals surface area contributed by atoms with Crippen LogP contribution in [0.15, 0.2) is 0 Å². The molecule has 0 spiro atoms. The van der Waals surface area contributed by atoms with E-state index >= 15 is 0 Å². The van der Waals surface area contributed by atoms with Gasteiger partial charge in [-0.2, -0.15) is 13.2 Å². The molecule has 5 heteroatoms. The van der Waals surface area contributed by atoms with Crippen LogP contribution in [0.3, 0.4) is 0 Å². The van der Waals surface area contributed by atoms with Crippen LogP contribution in [0, 0.1) is 11.5 Å². The van der Waals surface area contributed by atoms with Crippen molar-refractivity contribution in [2.45, 2.75) is 70.4 Å². The number of hydrogen-bond acceptors (Lipinski definition) is 1. The molecule has 1 nitrogen and oxygen atoms in total. The third-order valence-electron chi connectivity index (χ3n) is 2.59. The predicted octanol–water partition coefficient (Wildman–Crippen LogP) is 4.10. The van der Waals surface area contributed by atoms with Crippen LogP contribution in [0.4, 0.5) is 13.2 Å². The van der Waals surface area contributed by atoms with Crippen molar-refractivity contribution < 1.29 is 13.2 Å². The molecule has 0 saturated heterocycles. The SMILES string of the molecule is CCCCCC[C@@](N)(C#C[Si](C)(C)C)C(F)(F)F. The summed E-state index contributed by atoms with van der Waals surface area (Å²) in [4.78, 5) is 0. The Hall–Kier alpha value is -0.473. The van der Waals surface area contributed by atoms with Gasteiger partial charge in [0.2, 0.25) is 0 Å². The molecular formula is C13H24F3NSi. The minimum Gasteiger partial charge on any atom is -0.308 e. The van der Waals surface area contributed by atoms with E-state index in [1.165, 1.54) is 0 Å². The molecule has 0 aliphatic carbocycles. The topological polar surface area (TPSA) is 26.0 Å². The van der Waals surface area contributed by atoms with Crippen LogP contribution in [-0.2, 0) is 0 Å². The Balaban J connectivity index is 4.80. The normalized spacial score (nSPS) is 15.8. The summed E-state index contributed by atoms with van der Waals surface area (Å²) in [6.45, 7) is 7.75. The second kappa shape index (κ2) is 6.62. The van der Waals surface area contributed by atoms with Crippen LogP contribution in [0.1, 0.15) is 39.0 Å². The van der Waals surface area contributed by atoms with Gasteiger partial charge in [-0.1, -0.05) is 58.2 Å². The first-order valence-corrected chi connectivity index (χ1v) is 9.92. The Labute approximate surface area is 109 Å². The van der Waals surface area contributed by atoms with Gasteiger partial charge < -0.3 is 5.73 Å². The molecule has 18 heavy (non-hydrogen) atoms. The van der Waals surface area contributed by atoms with E-state index in [2.05, 4.69) is 11.5 Å². The molecule has 1 atom stereocenters. The Morgan fingerprint density at radius 2 is 1.61 bits per heavy atom. The lowest BCUT2D eigenvalue weighted by Crippen LogP contribution is -2.52. The summed E-state index contributed by atoms with van der Waals surface area (Å²) in [6.07, 6.45) is -1.37. The van der Waals surface area contributed by atoms with E-state index in [9.17, 15) is 13.2 Å². The van der Waals surface area contributed by atoms with Gasteiger partial charge >= 0.3 is 6.18 Å². The molecule has 0 bridgehead atoms. The van der Waals surface area contributed by atoms with Crippen molar-refractivity contribution in [1.82, 2.24) is 0 Å². The Morgan fingerprint density at radius 1 is 1.06 bits per heavy atom. The zero-order chi connectivity index (χ0) is 14.4. The monoisotopic (exact) mass is 279 g/mol. The minimum absolute atomic E-state index is 0.103. The zero-order valence-electron chi connectivity index (χ0n) is 11.7. The maximum absolute atomic E-state index is 13.0. The molecule has 0 saturated carbocycles. The van der Waals surface area contributed by atoms with E-state index in [4.69, 9.17) is 5.73 Å². The quantitative estimate of drug-likeness (QED) is 0.458. The zero-order valence-corrected chi connectivity index (χ0v) is 12.7. The molecule has 0 aromatic carbocycles. The summed E-state index contributed by atoms with van der Waals surface area (Å²) in [7, 11) is -1.84. The highest BCUT2D eigenvalue weighted by Crippen LogP contribution is 2.32. The van der Waals surface area contributed by atoms with Gasteiger partial charge in [-0.15, -0.1) is 5.54 Å². The van der Waals surface area contributed by atoms with Crippen molar-refractivity contribution in [3.63, 3.8) is 0 Å². The van der Waals surface area contributed by atoms with Gasteiger partial charge in [0.25, 0.3) is 0 Å². The average molecular weight is 279 g/mol. The molecule has 2 N–H and O–H groups in total. The highest BCUT2D eigenvalue weighted by molar-refractivity contribution is 6.83. The lowest BCUT2D eigenvalue weighted by atomic mass is 9.93. The highest BCUT2D eigenvalue weighted by Gasteiger charge is 2.50. The first-order chi connectivity index (χ1) is 8.02. The van der Waals surface area contributed by atoms with E-state index in [-0.39, 0.29) is 6.42 Å². The van der Waals surface area contributed by atoms with Crippen LogP contribution >= 0.6 is 0 Å². The van der Waals surface area contributed by atoms with Crippen molar-refractivity contribution in [2.24, 2.45) is 5.73 Å². The minimum atomic E-state index is -4.45. The van der Waals surface area contributed by atoms with Gasteiger partial charge in [0.1, 0.15) is 8.07 Å². The third kappa shape index (κ3) is 6.46. The number of halogens is 3. The fourth-order valence-corrected chi connectivity index (χ4v) is 2.00. The van der Waals surface area contributed by atoms with Gasteiger partial charge in [0, 0.05) is 0 Å². The van der Waals surface area contributed by atoms with E-state index < -0.39 is 19.8 Å². The number of unbranched alkanes of at least 4 members (excludes halogenated alkanes) is 3. The maximum atomic E-state index is 13.0. The number of rotatable bonds is 5. The van der Waals surface area contributed by atoms with Crippen LogP contribution < -0.4 is 5.73 Å². The summed E-state index contributed by atoms with van der Waals surface area (Å²) in [6, 6.07) is 0. The molecule has 0 aliphatic heterocycles. The van der Waals surface area contributed by atoms with Gasteiger partial charge in [-0.25, -0.2) is 0 Å². The molecule has 0 unspecified atom stereocenters. The van der Waals surface area contributed by atoms with E-state index in [1.54, 1.807) is 0 Å². The molecule has 0 aromatic rings. The summed E-state index contributed by atoms with van der Waals surface area (Å²) in [5.74, 6) is 2.32. The fraction of sp³-hybridized carbons (Fsp3) is 0.846. The summed E-state index contributed by atoms with van der Waals surface area (Å²) >= 11 is 0. The molecule has 0 rings (SSSR count). The summed E-state index contributed by atoms with van der Waals surface area (Å²) < 4.78 is 38.9. The average Bonchev–Trinajstić information content (AvgIpc) is 2.19. The third-order valence-corrected chi connectivity index (χ3v) is 3.47. The molecule has 0 heterocycles. The second-order valence-electron chi connectivity index (χ2n) is 5.78. The first-order valence-electron chi connectivity index (χ1n) is 6.42. The molecular weight excluding hydrogens is 255 g/mol. The van der Waals surface area contributed by atoms with E-state index in [1.807, 2.05) is 26.6 Å². The van der Waals surface area contributed by atoms with Crippen LogP contribution in [0.2, 0.25) is 19.6 Å². The van der Waals surface area contributed by atoms with Crippen molar-refractivity contribution in [3.05, 3.63) is 0 Å². The van der Waals surface area contributed by atoms with Gasteiger partial charge in [-0.05, 0) is 6.42 Å². The molecule has 0 amide bonds. The molecule has 106 valence electrons. The Bertz CT molecular complexity index is 309. The first kappa shape index (κ1) is 17.5. The molecule has 0 aliphatic rings. The molecule has 0 radical (unpaired) electrons. The number of nitrogens with two attached hydrogens (primary N) is 1. The van der Waals surface area contributed by atoms with Crippen molar-refractivity contribution in [1.29, 1.82) is 0 Å². The van der Waals surface area contributed by atoms with Crippen LogP contribution in [0.25, 0.3) is 0 Å². The number of alkyl halides is 3. The maximum Gasteiger partial charge on any atom is 0.417 e. The van der Waals surface area contributed by atoms with E-state index in [0.717, 1.165) is 19.3 Å². The molecule has 0 fully saturated rings. The van der Waals surface area contributed by atoms with Crippen molar-refractivity contribution in [3.8, 4) is 11.5 Å². The van der Waals surface area contributed by atoms with Gasteiger partial charge in [-0.3, -0.25) is 0 Å². The Kier molecular flexibility index (Phi) is 6.45. The van der Waals surface area contributed by atoms with Crippen LogP contribution in [-0.4, -0.2) is 19.8 Å². The summed E-state index contributed by atoms with van der Waals surface area (Å²) in [5.41, 5.74) is 5.91. The Morgan fingerprint density at radius 3 is 2.00 bits per heavy atom. The fourth-order valence-electron chi connectivity index (χ4n) is 1.40. The van der Waals surface area contributed by atoms with Crippen molar-refractivity contribution >= 4 is 8.07 Å². The van der Waals surface area contributed by atoms with Crippen LogP contribution in [0.5, 0.6) is 0 Å². The second-order valence-corrected chi connectivity index (χ2v) is 10.5. The van der Waals surface area contributed by atoms with Gasteiger partial charge in [0.15, 0.2) is 5.54 Å². The predicted molar refractivity (Wildman–Crippen MR) is 72.9 cm³/mol. The lowest BCUT2D eigenvalue weighted by molar-refractivity contribution is -0.170. The standard InChI is InChI=1S/C13H24F3NSi/c1-5-6-7-8-9-12(17,13(14,15)16)10-11-18(2,3)4/h5-9,17H2,1-4H3/t12-/m1/s1. The van der Waals surface area contributed by atoms with Crippen molar-refractivity contribution in [2.75, 3.05) is 0 Å². The largest absolute Gasteiger partial charge is 0.417 e. The summed E-state index contributed by atoms with van der Waals surface area (Å²) in [5, 5.41) is 0. The lowest BCUT2D eigenvalue weighted by Gasteiger charge is -2.27. The highest BCUT2D eigenvalue weighted by atomic mass is 28.3. The van der Waals surface area contributed by atoms with Gasteiger partial charge in [0.05, 0.1) is 0 Å². The number of hydrogen-bond donors (Lipinski definition) is 1. The smallest absolute Gasteiger partial charge is 0.308 e. The molecule has 0 aromatic heterocycles.